The predicted octanol–water partition coefficient (Wildman–Crippen LogP) is 4.90. The number of hydrogen-bond donors (Lipinski definition) is 2. The van der Waals surface area contributed by atoms with E-state index in [-0.39, 0.29) is 0 Å². The smallest absolute Gasteiger partial charge is 0.137 e. The fraction of sp³-hybridized carbons (Fsp3) is 0.333. The summed E-state index contributed by atoms with van der Waals surface area (Å²) in [4.78, 5) is 8.76. The van der Waals surface area contributed by atoms with E-state index in [9.17, 15) is 0 Å². The molecule has 0 radical (unpaired) electrons. The molecule has 3 rings (SSSR count). The van der Waals surface area contributed by atoms with E-state index in [1.807, 2.05) is 0 Å². The van der Waals surface area contributed by atoms with E-state index in [4.69, 9.17) is 0 Å². The summed E-state index contributed by atoms with van der Waals surface area (Å²) >= 11 is 3.66. The second kappa shape index (κ2) is 7.13. The molecule has 0 aliphatic heterocycles. The number of fused-ring (bicyclic) bond motifs is 1. The summed E-state index contributed by atoms with van der Waals surface area (Å²) in [5.74, 6) is 0.871. The molecule has 1 aromatic heterocycles. The van der Waals surface area contributed by atoms with Crippen LogP contribution in [0.2, 0.25) is 0 Å². The first kappa shape index (κ1) is 16.0. The molecule has 2 N–H and O–H groups in total. The zero-order valence-electron chi connectivity index (χ0n) is 13.4. The van der Waals surface area contributed by atoms with E-state index in [1.54, 1.807) is 6.33 Å². The largest absolute Gasteiger partial charge is 0.380 e. The van der Waals surface area contributed by atoms with Gasteiger partial charge in [-0.1, -0.05) is 18.2 Å². The first-order chi connectivity index (χ1) is 11.1. The lowest BCUT2D eigenvalue weighted by atomic mass is 10.1. The van der Waals surface area contributed by atoms with Crippen LogP contribution >= 0.6 is 15.9 Å². The zero-order chi connectivity index (χ0) is 16.2. The molecule has 0 fully saturated rings. The van der Waals surface area contributed by atoms with Gasteiger partial charge in [-0.2, -0.15) is 0 Å². The van der Waals surface area contributed by atoms with E-state index in [0.29, 0.717) is 6.04 Å². The Balaban J connectivity index is 1.86. The predicted molar refractivity (Wildman–Crippen MR) is 101 cm³/mol. The van der Waals surface area contributed by atoms with Gasteiger partial charge in [-0.3, -0.25) is 0 Å². The van der Waals surface area contributed by atoms with Crippen LogP contribution in [0.4, 0.5) is 11.5 Å². The van der Waals surface area contributed by atoms with Gasteiger partial charge < -0.3 is 10.6 Å². The van der Waals surface area contributed by atoms with Gasteiger partial charge in [0.05, 0.1) is 11.2 Å². The Bertz CT molecular complexity index is 765. The Morgan fingerprint density at radius 1 is 1.22 bits per heavy atom. The van der Waals surface area contributed by atoms with Gasteiger partial charge in [0.25, 0.3) is 0 Å². The van der Waals surface area contributed by atoms with Gasteiger partial charge in [0.2, 0.25) is 0 Å². The topological polar surface area (TPSA) is 49.8 Å². The molecule has 0 unspecified atom stereocenters. The number of nitrogens with zero attached hydrogens (tertiary/aromatic N) is 2. The number of rotatable bonds is 5. The molecule has 5 heteroatoms. The highest BCUT2D eigenvalue weighted by atomic mass is 79.9. The minimum Gasteiger partial charge on any atom is -0.380 e. The lowest BCUT2D eigenvalue weighted by Crippen LogP contribution is -2.11. The van der Waals surface area contributed by atoms with Gasteiger partial charge in [-0.25, -0.2) is 9.97 Å². The zero-order valence-corrected chi connectivity index (χ0v) is 15.0. The molecule has 0 saturated heterocycles. The molecule has 0 saturated carbocycles. The van der Waals surface area contributed by atoms with Crippen molar-refractivity contribution in [2.24, 2.45) is 0 Å². The van der Waals surface area contributed by atoms with Crippen LogP contribution in [0.1, 0.15) is 26.7 Å². The highest BCUT2D eigenvalue weighted by Crippen LogP contribution is 2.31. The van der Waals surface area contributed by atoms with Crippen LogP contribution in [0, 0.1) is 0 Å². The van der Waals surface area contributed by atoms with Crippen molar-refractivity contribution in [3.63, 3.8) is 0 Å². The van der Waals surface area contributed by atoms with Gasteiger partial charge >= 0.3 is 0 Å². The lowest BCUT2D eigenvalue weighted by molar-refractivity contribution is 0.890. The lowest BCUT2D eigenvalue weighted by Gasteiger charge is -2.14. The molecule has 0 atom stereocenters. The Morgan fingerprint density at radius 3 is 2.83 bits per heavy atom. The summed E-state index contributed by atoms with van der Waals surface area (Å²) in [5, 5.41) is 7.88. The van der Waals surface area contributed by atoms with Gasteiger partial charge in [0, 0.05) is 22.4 Å². The van der Waals surface area contributed by atoms with Crippen molar-refractivity contribution in [2.45, 2.75) is 32.7 Å². The van der Waals surface area contributed by atoms with Crippen molar-refractivity contribution >= 4 is 38.3 Å². The van der Waals surface area contributed by atoms with E-state index >= 15 is 0 Å². The van der Waals surface area contributed by atoms with Crippen molar-refractivity contribution in [3.05, 3.63) is 46.7 Å². The van der Waals surface area contributed by atoms with Crippen molar-refractivity contribution in [1.82, 2.24) is 9.97 Å². The highest BCUT2D eigenvalue weighted by molar-refractivity contribution is 9.10. The Hall–Kier alpha value is -1.88. The maximum atomic E-state index is 4.41. The van der Waals surface area contributed by atoms with Crippen LogP contribution in [-0.4, -0.2) is 22.6 Å². The maximum Gasteiger partial charge on any atom is 0.137 e. The van der Waals surface area contributed by atoms with Crippen LogP contribution in [0.25, 0.3) is 10.9 Å². The number of halogens is 1. The molecule has 4 nitrogen and oxygen atoms in total. The summed E-state index contributed by atoms with van der Waals surface area (Å²) in [6.45, 7) is 5.03. The number of benzene rings is 1. The van der Waals surface area contributed by atoms with Gasteiger partial charge in [-0.05, 0) is 60.3 Å². The maximum absolute atomic E-state index is 4.41. The average Bonchev–Trinajstić information content (AvgIpc) is 2.54. The summed E-state index contributed by atoms with van der Waals surface area (Å²) in [6, 6.07) is 4.47. The molecular weight excluding hydrogens is 352 g/mol. The molecular formula is C18H21BrN4. The first-order valence-electron chi connectivity index (χ1n) is 7.93. The summed E-state index contributed by atoms with van der Waals surface area (Å²) in [5.41, 5.74) is 3.31. The Morgan fingerprint density at radius 2 is 2.09 bits per heavy atom. The number of allylic oxidation sites excluding steroid dienone is 2. The Kier molecular flexibility index (Phi) is 4.96. The number of hydrogen-bond acceptors (Lipinski definition) is 4. The number of aromatic nitrogens is 2. The van der Waals surface area contributed by atoms with Gasteiger partial charge in [0.1, 0.15) is 12.1 Å². The molecule has 1 aliphatic rings. The first-order valence-corrected chi connectivity index (χ1v) is 8.73. The second-order valence-electron chi connectivity index (χ2n) is 5.98. The van der Waals surface area contributed by atoms with E-state index in [2.05, 4.69) is 80.7 Å². The summed E-state index contributed by atoms with van der Waals surface area (Å²) < 4.78 is 1.02. The van der Waals surface area contributed by atoms with Crippen molar-refractivity contribution in [2.75, 3.05) is 17.2 Å². The van der Waals surface area contributed by atoms with Crippen molar-refractivity contribution in [1.29, 1.82) is 0 Å². The van der Waals surface area contributed by atoms with Gasteiger partial charge in [0.15, 0.2) is 0 Å². The normalized spacial score (nSPS) is 14.2. The van der Waals surface area contributed by atoms with Crippen molar-refractivity contribution in [3.8, 4) is 0 Å². The fourth-order valence-electron chi connectivity index (χ4n) is 2.60. The third kappa shape index (κ3) is 3.91. The standard InChI is InChI=1S/C18H21BrN4/c1-12(2)23-18-14-8-15(19)17(9-16(14)21-11-22-18)20-10-13-6-4-3-5-7-13/h4,6-9,11-12,20H,3,5,10H2,1-2H3,(H,21,22,23). The van der Waals surface area contributed by atoms with Crippen molar-refractivity contribution < 1.29 is 0 Å². The monoisotopic (exact) mass is 372 g/mol. The molecule has 1 aliphatic carbocycles. The molecule has 1 aromatic carbocycles. The quantitative estimate of drug-likeness (QED) is 0.783. The third-order valence-electron chi connectivity index (χ3n) is 3.70. The van der Waals surface area contributed by atoms with E-state index < -0.39 is 0 Å². The SMILES string of the molecule is CC(C)Nc1ncnc2cc(NCC3=CCCC=C3)c(Br)cc12. The number of anilines is 2. The van der Waals surface area contributed by atoms with Crippen LogP contribution < -0.4 is 10.6 Å². The van der Waals surface area contributed by atoms with Crippen LogP contribution in [0.3, 0.4) is 0 Å². The average molecular weight is 373 g/mol. The van der Waals surface area contributed by atoms with Crippen LogP contribution in [0.5, 0.6) is 0 Å². The highest BCUT2D eigenvalue weighted by Gasteiger charge is 2.09. The summed E-state index contributed by atoms with van der Waals surface area (Å²) in [6.07, 6.45) is 10.6. The molecule has 0 bridgehead atoms. The second-order valence-corrected chi connectivity index (χ2v) is 6.84. The van der Waals surface area contributed by atoms with Gasteiger partial charge in [-0.15, -0.1) is 0 Å². The fourth-order valence-corrected chi connectivity index (χ4v) is 3.08. The van der Waals surface area contributed by atoms with Crippen LogP contribution in [-0.2, 0) is 0 Å². The van der Waals surface area contributed by atoms with E-state index in [0.717, 1.165) is 46.3 Å². The summed E-state index contributed by atoms with van der Waals surface area (Å²) in [7, 11) is 0. The number of nitrogens with one attached hydrogen (secondary N) is 2. The molecule has 23 heavy (non-hydrogen) atoms. The molecule has 0 amide bonds. The minimum absolute atomic E-state index is 0.328. The third-order valence-corrected chi connectivity index (χ3v) is 4.36. The molecule has 0 spiro atoms. The van der Waals surface area contributed by atoms with E-state index in [1.165, 1.54) is 5.57 Å². The molecule has 1 heterocycles. The molecule has 120 valence electrons. The Labute approximate surface area is 145 Å². The van der Waals surface area contributed by atoms with Crippen LogP contribution in [0.15, 0.2) is 46.7 Å². The minimum atomic E-state index is 0.328. The molecule has 2 aromatic rings.